The molecule has 0 aromatic carbocycles. The molecule has 1 saturated heterocycles. The molecule has 0 spiro atoms. The minimum Gasteiger partial charge on any atom is -0.381 e. The van der Waals surface area contributed by atoms with Gasteiger partial charge in [0.05, 0.1) is 0 Å². The van der Waals surface area contributed by atoms with E-state index in [4.69, 9.17) is 10.5 Å². The van der Waals surface area contributed by atoms with E-state index in [2.05, 4.69) is 0 Å². The van der Waals surface area contributed by atoms with E-state index in [-0.39, 0.29) is 12.4 Å². The second-order valence-electron chi connectivity index (χ2n) is 4.46. The average Bonchev–Trinajstić information content (AvgIpc) is 2.90. The quantitative estimate of drug-likeness (QED) is 0.765. The molecule has 78 valence electrons. The van der Waals surface area contributed by atoms with Crippen molar-refractivity contribution in [2.24, 2.45) is 17.1 Å². The first-order valence-corrected chi connectivity index (χ1v) is 5.12. The summed E-state index contributed by atoms with van der Waals surface area (Å²) < 4.78 is 5.37. The van der Waals surface area contributed by atoms with Crippen molar-refractivity contribution < 1.29 is 4.74 Å². The van der Waals surface area contributed by atoms with Crippen LogP contribution in [0.15, 0.2) is 0 Å². The first kappa shape index (κ1) is 11.3. The Labute approximate surface area is 86.6 Å². The van der Waals surface area contributed by atoms with Gasteiger partial charge in [-0.3, -0.25) is 0 Å². The van der Waals surface area contributed by atoms with Crippen LogP contribution in [-0.4, -0.2) is 19.8 Å². The summed E-state index contributed by atoms with van der Waals surface area (Å²) >= 11 is 0. The van der Waals surface area contributed by atoms with E-state index in [1.54, 1.807) is 0 Å². The van der Waals surface area contributed by atoms with Gasteiger partial charge in [0, 0.05) is 13.2 Å². The zero-order valence-electron chi connectivity index (χ0n) is 8.13. The van der Waals surface area contributed by atoms with Gasteiger partial charge in [0.1, 0.15) is 0 Å². The highest BCUT2D eigenvalue weighted by Gasteiger charge is 2.37. The van der Waals surface area contributed by atoms with Crippen LogP contribution in [0, 0.1) is 11.3 Å². The molecule has 1 aliphatic heterocycles. The maximum atomic E-state index is 5.86. The van der Waals surface area contributed by atoms with Gasteiger partial charge in [0.15, 0.2) is 0 Å². The molecule has 2 fully saturated rings. The Hall–Kier alpha value is 0.210. The van der Waals surface area contributed by atoms with E-state index in [1.807, 2.05) is 0 Å². The largest absolute Gasteiger partial charge is 0.381 e. The summed E-state index contributed by atoms with van der Waals surface area (Å²) in [6, 6.07) is 0. The molecule has 1 aliphatic carbocycles. The van der Waals surface area contributed by atoms with Gasteiger partial charge in [0.2, 0.25) is 0 Å². The van der Waals surface area contributed by atoms with Gasteiger partial charge in [0.25, 0.3) is 0 Å². The highest BCUT2D eigenvalue weighted by atomic mass is 35.5. The molecule has 0 amide bonds. The van der Waals surface area contributed by atoms with Crippen LogP contribution in [0.1, 0.15) is 32.1 Å². The van der Waals surface area contributed by atoms with Gasteiger partial charge >= 0.3 is 0 Å². The van der Waals surface area contributed by atoms with Crippen molar-refractivity contribution in [3.05, 3.63) is 0 Å². The van der Waals surface area contributed by atoms with Gasteiger partial charge in [-0.05, 0) is 37.1 Å². The van der Waals surface area contributed by atoms with Crippen LogP contribution >= 0.6 is 12.4 Å². The Morgan fingerprint density at radius 3 is 2.31 bits per heavy atom. The van der Waals surface area contributed by atoms with Crippen LogP contribution in [0.3, 0.4) is 0 Å². The smallest absolute Gasteiger partial charge is 0.0471 e. The van der Waals surface area contributed by atoms with E-state index in [9.17, 15) is 0 Å². The summed E-state index contributed by atoms with van der Waals surface area (Å²) in [4.78, 5) is 0. The lowest BCUT2D eigenvalue weighted by Crippen LogP contribution is -2.37. The van der Waals surface area contributed by atoms with Gasteiger partial charge in [-0.1, -0.05) is 12.8 Å². The van der Waals surface area contributed by atoms with E-state index in [0.29, 0.717) is 5.41 Å². The second kappa shape index (κ2) is 4.63. The molecule has 1 heterocycles. The molecule has 2 N–H and O–H groups in total. The molecule has 2 aliphatic rings. The lowest BCUT2D eigenvalue weighted by molar-refractivity contribution is 0.0120. The zero-order valence-corrected chi connectivity index (χ0v) is 8.94. The van der Waals surface area contributed by atoms with Crippen LogP contribution in [-0.2, 0) is 4.74 Å². The lowest BCUT2D eigenvalue weighted by Gasteiger charge is -2.36. The van der Waals surface area contributed by atoms with Gasteiger partial charge < -0.3 is 10.5 Å². The Kier molecular flexibility index (Phi) is 4.02. The standard InChI is InChI=1S/C10H19NO.ClH/c11-8-10(7-9-1-2-9)3-5-12-6-4-10;/h9H,1-8,11H2;1H. The average molecular weight is 206 g/mol. The van der Waals surface area contributed by atoms with E-state index in [1.165, 1.54) is 32.1 Å². The minimum absolute atomic E-state index is 0. The van der Waals surface area contributed by atoms with E-state index < -0.39 is 0 Å². The van der Waals surface area contributed by atoms with Crippen LogP contribution in [0.4, 0.5) is 0 Å². The number of hydrogen-bond acceptors (Lipinski definition) is 2. The van der Waals surface area contributed by atoms with Crippen LogP contribution in [0.25, 0.3) is 0 Å². The molecule has 0 radical (unpaired) electrons. The SMILES string of the molecule is Cl.NCC1(CC2CC2)CCOCC1. The molecule has 0 bridgehead atoms. The van der Waals surface area contributed by atoms with Crippen molar-refractivity contribution >= 4 is 12.4 Å². The zero-order chi connectivity index (χ0) is 8.44. The van der Waals surface area contributed by atoms with Crippen LogP contribution in [0.5, 0.6) is 0 Å². The van der Waals surface area contributed by atoms with E-state index >= 15 is 0 Å². The first-order chi connectivity index (χ1) is 5.85. The number of halogens is 1. The Bertz CT molecular complexity index is 153. The van der Waals surface area contributed by atoms with E-state index in [0.717, 1.165) is 25.7 Å². The third kappa shape index (κ3) is 2.83. The van der Waals surface area contributed by atoms with Crippen LogP contribution in [0.2, 0.25) is 0 Å². The number of hydrogen-bond donors (Lipinski definition) is 1. The Balaban J connectivity index is 0.000000845. The van der Waals surface area contributed by atoms with Crippen LogP contribution < -0.4 is 5.73 Å². The summed E-state index contributed by atoms with van der Waals surface area (Å²) in [5, 5.41) is 0. The Morgan fingerprint density at radius 2 is 1.85 bits per heavy atom. The van der Waals surface area contributed by atoms with Gasteiger partial charge in [-0.25, -0.2) is 0 Å². The molecule has 0 atom stereocenters. The summed E-state index contributed by atoms with van der Waals surface area (Å²) in [5.74, 6) is 1.01. The van der Waals surface area contributed by atoms with Crippen molar-refractivity contribution in [1.82, 2.24) is 0 Å². The highest BCUT2D eigenvalue weighted by Crippen LogP contribution is 2.44. The fourth-order valence-electron chi connectivity index (χ4n) is 2.23. The molecule has 13 heavy (non-hydrogen) atoms. The topological polar surface area (TPSA) is 35.2 Å². The molecule has 1 saturated carbocycles. The first-order valence-electron chi connectivity index (χ1n) is 5.12. The number of rotatable bonds is 3. The van der Waals surface area contributed by atoms with Crippen molar-refractivity contribution in [2.45, 2.75) is 32.1 Å². The summed E-state index contributed by atoms with van der Waals surface area (Å²) in [5.41, 5.74) is 6.32. The highest BCUT2D eigenvalue weighted by molar-refractivity contribution is 5.85. The number of nitrogens with two attached hydrogens (primary N) is 1. The van der Waals surface area contributed by atoms with Gasteiger partial charge in [-0.15, -0.1) is 12.4 Å². The summed E-state index contributed by atoms with van der Waals surface area (Å²) in [6.07, 6.45) is 6.65. The predicted molar refractivity (Wildman–Crippen MR) is 56.1 cm³/mol. The third-order valence-corrected chi connectivity index (χ3v) is 3.41. The molecule has 3 heteroatoms. The monoisotopic (exact) mass is 205 g/mol. The Morgan fingerprint density at radius 1 is 1.23 bits per heavy atom. The second-order valence-corrected chi connectivity index (χ2v) is 4.46. The molecular formula is C10H20ClNO. The molecule has 2 nitrogen and oxygen atoms in total. The fraction of sp³-hybridized carbons (Fsp3) is 1.00. The van der Waals surface area contributed by atoms with Crippen molar-refractivity contribution in [1.29, 1.82) is 0 Å². The minimum atomic E-state index is 0. The third-order valence-electron chi connectivity index (χ3n) is 3.41. The van der Waals surface area contributed by atoms with Crippen molar-refractivity contribution in [3.63, 3.8) is 0 Å². The summed E-state index contributed by atoms with van der Waals surface area (Å²) in [7, 11) is 0. The molecule has 2 rings (SSSR count). The number of ether oxygens (including phenoxy) is 1. The fourth-order valence-corrected chi connectivity index (χ4v) is 2.23. The normalized spacial score (nSPS) is 26.5. The lowest BCUT2D eigenvalue weighted by atomic mass is 9.76. The van der Waals surface area contributed by atoms with Gasteiger partial charge in [-0.2, -0.15) is 0 Å². The molecule has 0 unspecified atom stereocenters. The van der Waals surface area contributed by atoms with Crippen molar-refractivity contribution in [2.75, 3.05) is 19.8 Å². The summed E-state index contributed by atoms with van der Waals surface area (Å²) in [6.45, 7) is 2.74. The molecule has 0 aromatic rings. The van der Waals surface area contributed by atoms with Crippen molar-refractivity contribution in [3.8, 4) is 0 Å². The maximum absolute atomic E-state index is 5.86. The molecule has 0 aromatic heterocycles. The molecular weight excluding hydrogens is 186 g/mol. The maximum Gasteiger partial charge on any atom is 0.0471 e. The predicted octanol–water partition coefficient (Wildman–Crippen LogP) is 1.96.